The topological polar surface area (TPSA) is 50.4 Å². The van der Waals surface area contributed by atoms with Crippen LogP contribution in [0.2, 0.25) is 0 Å². The number of nitrogens with one attached hydrogen (secondary N) is 2. The average Bonchev–Trinajstić information content (AvgIpc) is 3.02. The van der Waals surface area contributed by atoms with Gasteiger partial charge in [-0.3, -0.25) is 0 Å². The highest BCUT2D eigenvalue weighted by Gasteiger charge is 2.22. The van der Waals surface area contributed by atoms with Crippen molar-refractivity contribution in [3.05, 3.63) is 71.3 Å². The minimum Gasteiger partial charge on any atom is -0.460 e. The minimum absolute atomic E-state index is 0.257. The fourth-order valence-corrected chi connectivity index (χ4v) is 3.13. The third-order valence-electron chi connectivity index (χ3n) is 4.07. The number of aryl methyl sites for hydroxylation is 1. The molecule has 1 aliphatic rings. The lowest BCUT2D eigenvalue weighted by Gasteiger charge is -2.17. The first-order valence-electron chi connectivity index (χ1n) is 8.08. The first-order chi connectivity index (χ1) is 11.7. The van der Waals surface area contributed by atoms with E-state index in [9.17, 15) is 4.79 Å². The van der Waals surface area contributed by atoms with Crippen LogP contribution in [0.3, 0.4) is 0 Å². The van der Waals surface area contributed by atoms with E-state index >= 15 is 0 Å². The Kier molecular flexibility index (Phi) is 5.43. The summed E-state index contributed by atoms with van der Waals surface area (Å²) in [5, 5.41) is 7.02. The van der Waals surface area contributed by atoms with E-state index in [0.717, 1.165) is 12.8 Å². The van der Waals surface area contributed by atoms with Gasteiger partial charge in [-0.2, -0.15) is 0 Å². The number of esters is 1. The number of thiocarbonyl (C=S) groups is 1. The SMILES string of the molecule is O=C(OCCNC(=S)N[C@H]1CCc2ccccc21)c1ccccc1. The fourth-order valence-electron chi connectivity index (χ4n) is 2.88. The molecule has 0 saturated heterocycles. The average molecular weight is 340 g/mol. The summed E-state index contributed by atoms with van der Waals surface area (Å²) in [6.45, 7) is 0.759. The van der Waals surface area contributed by atoms with Gasteiger partial charge in [0.25, 0.3) is 0 Å². The van der Waals surface area contributed by atoms with Gasteiger partial charge in [0, 0.05) is 0 Å². The van der Waals surface area contributed by atoms with E-state index in [1.54, 1.807) is 12.1 Å². The summed E-state index contributed by atoms with van der Waals surface area (Å²) in [5.74, 6) is -0.319. The highest BCUT2D eigenvalue weighted by molar-refractivity contribution is 7.80. The Morgan fingerprint density at radius 3 is 2.71 bits per heavy atom. The molecule has 124 valence electrons. The van der Waals surface area contributed by atoms with Gasteiger partial charge in [0.2, 0.25) is 0 Å². The first kappa shape index (κ1) is 16.5. The monoisotopic (exact) mass is 340 g/mol. The van der Waals surface area contributed by atoms with Crippen LogP contribution >= 0.6 is 12.2 Å². The zero-order chi connectivity index (χ0) is 16.8. The quantitative estimate of drug-likeness (QED) is 0.498. The summed E-state index contributed by atoms with van der Waals surface area (Å²) in [5.41, 5.74) is 3.26. The fraction of sp³-hybridized carbons (Fsp3) is 0.263. The molecule has 0 saturated carbocycles. The van der Waals surface area contributed by atoms with Gasteiger partial charge in [0.15, 0.2) is 5.11 Å². The normalized spacial score (nSPS) is 15.4. The lowest BCUT2D eigenvalue weighted by atomic mass is 10.1. The predicted molar refractivity (Wildman–Crippen MR) is 98.0 cm³/mol. The maximum absolute atomic E-state index is 11.8. The summed E-state index contributed by atoms with van der Waals surface area (Å²) in [7, 11) is 0. The molecule has 0 spiro atoms. The number of benzene rings is 2. The molecule has 0 fully saturated rings. The molecule has 5 heteroatoms. The van der Waals surface area contributed by atoms with Gasteiger partial charge < -0.3 is 15.4 Å². The van der Waals surface area contributed by atoms with Crippen molar-refractivity contribution in [2.24, 2.45) is 0 Å². The maximum atomic E-state index is 11.8. The van der Waals surface area contributed by atoms with Crippen molar-refractivity contribution in [2.75, 3.05) is 13.2 Å². The molecule has 0 unspecified atom stereocenters. The van der Waals surface area contributed by atoms with E-state index in [-0.39, 0.29) is 18.6 Å². The standard InChI is InChI=1S/C19H20N2O2S/c22-18(15-7-2-1-3-8-15)23-13-12-20-19(24)21-17-11-10-14-6-4-5-9-16(14)17/h1-9,17H,10-13H2,(H2,20,21,24)/t17-/m0/s1. The van der Waals surface area contributed by atoms with Crippen LogP contribution in [0, 0.1) is 0 Å². The zero-order valence-corrected chi connectivity index (χ0v) is 14.1. The smallest absolute Gasteiger partial charge is 0.338 e. The number of fused-ring (bicyclic) bond motifs is 1. The maximum Gasteiger partial charge on any atom is 0.338 e. The molecule has 0 amide bonds. The van der Waals surface area contributed by atoms with Crippen molar-refractivity contribution in [1.82, 2.24) is 10.6 Å². The molecule has 24 heavy (non-hydrogen) atoms. The van der Waals surface area contributed by atoms with Crippen molar-refractivity contribution >= 4 is 23.3 Å². The molecule has 0 aromatic heterocycles. The molecule has 2 N–H and O–H groups in total. The summed E-state index contributed by atoms with van der Waals surface area (Å²) in [4.78, 5) is 11.8. The number of rotatable bonds is 5. The molecule has 4 nitrogen and oxygen atoms in total. The number of ether oxygens (including phenoxy) is 1. The van der Waals surface area contributed by atoms with Gasteiger partial charge in [-0.1, -0.05) is 42.5 Å². The van der Waals surface area contributed by atoms with Gasteiger partial charge in [0.1, 0.15) is 6.61 Å². The summed E-state index contributed by atoms with van der Waals surface area (Å²) in [6, 6.07) is 17.6. The highest BCUT2D eigenvalue weighted by atomic mass is 32.1. The van der Waals surface area contributed by atoms with Gasteiger partial charge >= 0.3 is 5.97 Å². The van der Waals surface area contributed by atoms with E-state index in [0.29, 0.717) is 17.2 Å². The zero-order valence-electron chi connectivity index (χ0n) is 13.3. The third kappa shape index (κ3) is 4.11. The predicted octanol–water partition coefficient (Wildman–Crippen LogP) is 3.00. The van der Waals surface area contributed by atoms with E-state index in [2.05, 4.69) is 34.9 Å². The Hall–Kier alpha value is -2.40. The van der Waals surface area contributed by atoms with Crippen LogP contribution in [0.5, 0.6) is 0 Å². The second kappa shape index (κ2) is 7.93. The molecule has 0 bridgehead atoms. The van der Waals surface area contributed by atoms with Gasteiger partial charge in [-0.15, -0.1) is 0 Å². The van der Waals surface area contributed by atoms with Crippen molar-refractivity contribution < 1.29 is 9.53 Å². The highest BCUT2D eigenvalue weighted by Crippen LogP contribution is 2.30. The molecule has 3 rings (SSSR count). The molecule has 0 heterocycles. The van der Waals surface area contributed by atoms with Crippen LogP contribution in [0.15, 0.2) is 54.6 Å². The molecule has 2 aromatic rings. The summed E-state index contributed by atoms with van der Waals surface area (Å²) in [6.07, 6.45) is 2.12. The van der Waals surface area contributed by atoms with Gasteiger partial charge in [-0.05, 0) is 48.3 Å². The summed E-state index contributed by atoms with van der Waals surface area (Å²) >= 11 is 5.33. The molecule has 1 atom stereocenters. The van der Waals surface area contributed by atoms with Crippen LogP contribution in [-0.4, -0.2) is 24.2 Å². The number of carbonyl (C=O) groups is 1. The lowest BCUT2D eigenvalue weighted by molar-refractivity contribution is 0.0512. The number of hydrogen-bond acceptors (Lipinski definition) is 3. The second-order valence-electron chi connectivity index (χ2n) is 5.69. The molecular weight excluding hydrogens is 320 g/mol. The van der Waals surface area contributed by atoms with Crippen LogP contribution in [0.1, 0.15) is 33.9 Å². The third-order valence-corrected chi connectivity index (χ3v) is 4.33. The van der Waals surface area contributed by atoms with Crippen molar-refractivity contribution in [1.29, 1.82) is 0 Å². The van der Waals surface area contributed by atoms with Gasteiger partial charge in [-0.25, -0.2) is 4.79 Å². The molecule has 0 radical (unpaired) electrons. The van der Waals surface area contributed by atoms with Crippen LogP contribution in [-0.2, 0) is 11.2 Å². The molecule has 1 aliphatic carbocycles. The molecule has 2 aromatic carbocycles. The molecular formula is C19H20N2O2S. The van der Waals surface area contributed by atoms with E-state index in [1.165, 1.54) is 11.1 Å². The lowest BCUT2D eigenvalue weighted by Crippen LogP contribution is -2.38. The van der Waals surface area contributed by atoms with E-state index < -0.39 is 0 Å². The first-order valence-corrected chi connectivity index (χ1v) is 8.49. The van der Waals surface area contributed by atoms with Crippen molar-refractivity contribution in [2.45, 2.75) is 18.9 Å². The van der Waals surface area contributed by atoms with E-state index in [4.69, 9.17) is 17.0 Å². The number of carbonyl (C=O) groups excluding carboxylic acids is 1. The Morgan fingerprint density at radius 2 is 1.88 bits per heavy atom. The van der Waals surface area contributed by atoms with Crippen LogP contribution in [0.4, 0.5) is 0 Å². The van der Waals surface area contributed by atoms with E-state index in [1.807, 2.05) is 18.2 Å². The Morgan fingerprint density at radius 1 is 1.12 bits per heavy atom. The Balaban J connectivity index is 1.39. The molecule has 0 aliphatic heterocycles. The van der Waals surface area contributed by atoms with Gasteiger partial charge in [0.05, 0.1) is 18.2 Å². The summed E-state index contributed by atoms with van der Waals surface area (Å²) < 4.78 is 5.22. The minimum atomic E-state index is -0.319. The largest absolute Gasteiger partial charge is 0.460 e. The van der Waals surface area contributed by atoms with Crippen LogP contribution in [0.25, 0.3) is 0 Å². The van der Waals surface area contributed by atoms with Crippen molar-refractivity contribution in [3.63, 3.8) is 0 Å². The second-order valence-corrected chi connectivity index (χ2v) is 6.10. The number of hydrogen-bond donors (Lipinski definition) is 2. The Labute approximate surface area is 147 Å². The Bertz CT molecular complexity index is 718. The van der Waals surface area contributed by atoms with Crippen LogP contribution < -0.4 is 10.6 Å². The van der Waals surface area contributed by atoms with Crippen molar-refractivity contribution in [3.8, 4) is 0 Å².